The van der Waals surface area contributed by atoms with Crippen molar-refractivity contribution >= 4 is 22.9 Å². The van der Waals surface area contributed by atoms with E-state index in [0.717, 1.165) is 6.54 Å². The number of thiophene rings is 1. The van der Waals surface area contributed by atoms with Crippen LogP contribution in [-0.2, 0) is 13.1 Å². The number of rotatable bonds is 4. The van der Waals surface area contributed by atoms with Gasteiger partial charge in [0, 0.05) is 17.6 Å². The summed E-state index contributed by atoms with van der Waals surface area (Å²) in [4.78, 5) is 13.2. The highest BCUT2D eigenvalue weighted by Gasteiger charge is 2.12. The Morgan fingerprint density at radius 2 is 2.33 bits per heavy atom. The number of nitrogens with one attached hydrogen (secondary N) is 1. The Bertz CT molecular complexity index is 556. The van der Waals surface area contributed by atoms with Gasteiger partial charge in [0.1, 0.15) is 5.69 Å². The molecule has 2 heterocycles. The van der Waals surface area contributed by atoms with Crippen molar-refractivity contribution in [2.45, 2.75) is 26.9 Å². The summed E-state index contributed by atoms with van der Waals surface area (Å²) in [5.41, 5.74) is 8.16. The number of anilines is 1. The van der Waals surface area contributed by atoms with Crippen LogP contribution in [0.5, 0.6) is 0 Å². The molecule has 4 nitrogen and oxygen atoms in total. The summed E-state index contributed by atoms with van der Waals surface area (Å²) in [6, 6.07) is 3.76. The van der Waals surface area contributed by atoms with E-state index in [4.69, 9.17) is 5.73 Å². The molecule has 0 radical (unpaired) electrons. The summed E-state index contributed by atoms with van der Waals surface area (Å²) in [7, 11) is 0. The monoisotopic (exact) mass is 263 g/mol. The molecule has 0 aliphatic carbocycles. The zero-order chi connectivity index (χ0) is 13.1. The number of hydrogen-bond donors (Lipinski definition) is 2. The molecule has 2 aromatic heterocycles. The maximum atomic E-state index is 12.1. The summed E-state index contributed by atoms with van der Waals surface area (Å²) in [5.74, 6) is -0.0821. The van der Waals surface area contributed by atoms with E-state index in [-0.39, 0.29) is 5.91 Å². The van der Waals surface area contributed by atoms with Crippen molar-refractivity contribution in [3.63, 3.8) is 0 Å². The molecular weight excluding hydrogens is 246 g/mol. The van der Waals surface area contributed by atoms with Crippen LogP contribution in [0, 0.1) is 6.92 Å². The Balaban J connectivity index is 2.06. The van der Waals surface area contributed by atoms with Crippen LogP contribution >= 0.6 is 11.3 Å². The molecule has 1 amide bonds. The van der Waals surface area contributed by atoms with Crippen LogP contribution < -0.4 is 11.1 Å². The van der Waals surface area contributed by atoms with E-state index in [9.17, 15) is 4.79 Å². The molecule has 0 aliphatic rings. The molecule has 0 aromatic carbocycles. The summed E-state index contributed by atoms with van der Waals surface area (Å²) >= 11 is 1.66. The van der Waals surface area contributed by atoms with Gasteiger partial charge in [0.25, 0.3) is 5.91 Å². The van der Waals surface area contributed by atoms with E-state index in [2.05, 4.69) is 11.4 Å². The molecule has 0 spiro atoms. The van der Waals surface area contributed by atoms with Gasteiger partial charge in [-0.15, -0.1) is 11.3 Å². The largest absolute Gasteiger partial charge is 0.397 e. The molecule has 0 atom stereocenters. The van der Waals surface area contributed by atoms with Crippen LogP contribution in [0.2, 0.25) is 0 Å². The smallest absolute Gasteiger partial charge is 0.268 e. The van der Waals surface area contributed by atoms with Gasteiger partial charge in [0.15, 0.2) is 0 Å². The number of carbonyl (C=O) groups is 1. The number of nitrogens with zero attached hydrogens (tertiary/aromatic N) is 1. The number of nitrogen functional groups attached to an aromatic ring is 1. The number of aryl methyl sites for hydroxylation is 2. The molecule has 0 fully saturated rings. The number of hydrogen-bond acceptors (Lipinski definition) is 3. The van der Waals surface area contributed by atoms with Crippen molar-refractivity contribution < 1.29 is 4.79 Å². The standard InChI is InChI=1S/C13H17N3OS/c1-3-16-8-10(14)6-11(16)13(17)15-7-12-9(2)4-5-18-12/h4-6,8H,3,7,14H2,1-2H3,(H,15,17). The fourth-order valence-electron chi connectivity index (χ4n) is 1.82. The van der Waals surface area contributed by atoms with Crippen LogP contribution in [0.25, 0.3) is 0 Å². The van der Waals surface area contributed by atoms with Crippen molar-refractivity contribution in [2.24, 2.45) is 0 Å². The van der Waals surface area contributed by atoms with Gasteiger partial charge in [-0.2, -0.15) is 0 Å². The van der Waals surface area contributed by atoms with Crippen molar-refractivity contribution in [2.75, 3.05) is 5.73 Å². The minimum atomic E-state index is -0.0821. The molecule has 0 bridgehead atoms. The van der Waals surface area contributed by atoms with Gasteiger partial charge in [-0.25, -0.2) is 0 Å². The first kappa shape index (κ1) is 12.7. The predicted octanol–water partition coefficient (Wildman–Crippen LogP) is 2.39. The van der Waals surface area contributed by atoms with Gasteiger partial charge in [0.2, 0.25) is 0 Å². The topological polar surface area (TPSA) is 60.0 Å². The quantitative estimate of drug-likeness (QED) is 0.889. The summed E-state index contributed by atoms with van der Waals surface area (Å²) in [5, 5.41) is 4.96. The molecule has 18 heavy (non-hydrogen) atoms. The number of carbonyl (C=O) groups excluding carboxylic acids is 1. The van der Waals surface area contributed by atoms with Gasteiger partial charge in [-0.3, -0.25) is 4.79 Å². The molecule has 5 heteroatoms. The average molecular weight is 263 g/mol. The molecule has 0 unspecified atom stereocenters. The fourth-order valence-corrected chi connectivity index (χ4v) is 2.67. The molecule has 2 rings (SSSR count). The van der Waals surface area contributed by atoms with Gasteiger partial charge in [-0.05, 0) is 36.9 Å². The van der Waals surface area contributed by atoms with Crippen molar-refractivity contribution in [3.8, 4) is 0 Å². The second-order valence-electron chi connectivity index (χ2n) is 4.15. The number of amides is 1. The highest BCUT2D eigenvalue weighted by molar-refractivity contribution is 7.10. The first-order chi connectivity index (χ1) is 8.61. The van der Waals surface area contributed by atoms with Crippen molar-refractivity contribution in [1.29, 1.82) is 0 Å². The second kappa shape index (κ2) is 5.27. The van der Waals surface area contributed by atoms with Crippen molar-refractivity contribution in [1.82, 2.24) is 9.88 Å². The zero-order valence-corrected chi connectivity index (χ0v) is 11.4. The Morgan fingerprint density at radius 3 is 2.94 bits per heavy atom. The molecule has 96 valence electrons. The molecule has 0 aliphatic heterocycles. The lowest BCUT2D eigenvalue weighted by Crippen LogP contribution is -2.25. The van der Waals surface area contributed by atoms with E-state index in [0.29, 0.717) is 17.9 Å². The fraction of sp³-hybridized carbons (Fsp3) is 0.308. The van der Waals surface area contributed by atoms with E-state index in [1.807, 2.05) is 23.8 Å². The number of aromatic nitrogens is 1. The highest BCUT2D eigenvalue weighted by atomic mass is 32.1. The van der Waals surface area contributed by atoms with E-state index in [1.54, 1.807) is 23.6 Å². The molecular formula is C13H17N3OS. The predicted molar refractivity (Wildman–Crippen MR) is 74.7 cm³/mol. The Kier molecular flexibility index (Phi) is 3.72. The highest BCUT2D eigenvalue weighted by Crippen LogP contribution is 2.16. The third-order valence-corrected chi connectivity index (χ3v) is 3.89. The van der Waals surface area contributed by atoms with Crippen LogP contribution in [0.3, 0.4) is 0 Å². The third kappa shape index (κ3) is 2.56. The first-order valence-electron chi connectivity index (χ1n) is 5.88. The minimum absolute atomic E-state index is 0.0821. The maximum Gasteiger partial charge on any atom is 0.268 e. The Morgan fingerprint density at radius 1 is 1.56 bits per heavy atom. The first-order valence-corrected chi connectivity index (χ1v) is 6.76. The lowest BCUT2D eigenvalue weighted by molar-refractivity contribution is 0.0942. The molecule has 3 N–H and O–H groups in total. The minimum Gasteiger partial charge on any atom is -0.397 e. The SMILES string of the molecule is CCn1cc(N)cc1C(=O)NCc1sccc1C. The Hall–Kier alpha value is -1.75. The van der Waals surface area contributed by atoms with Gasteiger partial charge in [0.05, 0.1) is 12.2 Å². The number of nitrogens with two attached hydrogens (primary N) is 1. The normalized spacial score (nSPS) is 10.6. The van der Waals surface area contributed by atoms with Gasteiger partial charge < -0.3 is 15.6 Å². The molecule has 2 aromatic rings. The van der Waals surface area contributed by atoms with Crippen molar-refractivity contribution in [3.05, 3.63) is 39.8 Å². The average Bonchev–Trinajstić information content (AvgIpc) is 2.92. The van der Waals surface area contributed by atoms with Crippen LogP contribution in [0.15, 0.2) is 23.7 Å². The van der Waals surface area contributed by atoms with E-state index in [1.165, 1.54) is 10.4 Å². The molecule has 0 saturated heterocycles. The second-order valence-corrected chi connectivity index (χ2v) is 5.15. The maximum absolute atomic E-state index is 12.1. The third-order valence-electron chi connectivity index (χ3n) is 2.87. The van der Waals surface area contributed by atoms with Gasteiger partial charge >= 0.3 is 0 Å². The summed E-state index contributed by atoms with van der Waals surface area (Å²) in [6.45, 7) is 5.33. The summed E-state index contributed by atoms with van der Waals surface area (Å²) < 4.78 is 1.85. The Labute approximate surface area is 110 Å². The van der Waals surface area contributed by atoms with E-state index >= 15 is 0 Å². The lowest BCUT2D eigenvalue weighted by Gasteiger charge is -2.07. The lowest BCUT2D eigenvalue weighted by atomic mass is 10.3. The van der Waals surface area contributed by atoms with Crippen LogP contribution in [0.4, 0.5) is 5.69 Å². The van der Waals surface area contributed by atoms with E-state index < -0.39 is 0 Å². The van der Waals surface area contributed by atoms with Gasteiger partial charge in [-0.1, -0.05) is 0 Å². The van der Waals surface area contributed by atoms with Crippen LogP contribution in [-0.4, -0.2) is 10.5 Å². The van der Waals surface area contributed by atoms with Crippen LogP contribution in [0.1, 0.15) is 27.9 Å². The summed E-state index contributed by atoms with van der Waals surface area (Å²) in [6.07, 6.45) is 1.78. The zero-order valence-electron chi connectivity index (χ0n) is 10.6. The molecule has 0 saturated carbocycles.